The molecule has 0 amide bonds. The van der Waals surface area contributed by atoms with Gasteiger partial charge in [-0.3, -0.25) is 14.6 Å². The molecule has 1 unspecified atom stereocenters. The van der Waals surface area contributed by atoms with Crippen molar-refractivity contribution in [2.45, 2.75) is 45.3 Å². The van der Waals surface area contributed by atoms with Crippen molar-refractivity contribution in [3.8, 4) is 0 Å². The maximum absolute atomic E-state index is 12.6. The summed E-state index contributed by atoms with van der Waals surface area (Å²) in [7, 11) is 0. The zero-order valence-electron chi connectivity index (χ0n) is 18.1. The summed E-state index contributed by atoms with van der Waals surface area (Å²) in [6, 6.07) is 1.95. The molecule has 30 heavy (non-hydrogen) atoms. The summed E-state index contributed by atoms with van der Waals surface area (Å²) < 4.78 is 5.43. The van der Waals surface area contributed by atoms with Crippen LogP contribution in [-0.4, -0.2) is 76.9 Å². The van der Waals surface area contributed by atoms with Gasteiger partial charge >= 0.3 is 0 Å². The number of rotatable bonds is 11. The van der Waals surface area contributed by atoms with Gasteiger partial charge < -0.3 is 14.8 Å². The van der Waals surface area contributed by atoms with Crippen LogP contribution in [0, 0.1) is 0 Å². The van der Waals surface area contributed by atoms with E-state index in [1.165, 1.54) is 4.88 Å². The summed E-state index contributed by atoms with van der Waals surface area (Å²) in [5.41, 5.74) is -0.0847. The topological polar surface area (TPSA) is 81.7 Å². The Morgan fingerprint density at radius 1 is 1.43 bits per heavy atom. The van der Waals surface area contributed by atoms with E-state index in [0.717, 1.165) is 50.6 Å². The standard InChI is InChI=1S/C22H34N4O3S/c1-4-5-6-17(27)14-26(8-7-25-9-11-29-12-10-25)15-20-23-21(28)18-13-19(16(2)3)30-22(18)24-20/h4,13,16-17,27H,1,5-12,14-15H2,2-3H3,(H,23,24,28). The third kappa shape index (κ3) is 6.46. The quantitative estimate of drug-likeness (QED) is 0.529. The molecule has 0 radical (unpaired) electrons. The van der Waals surface area contributed by atoms with Gasteiger partial charge in [0.15, 0.2) is 0 Å². The number of aromatic nitrogens is 2. The average molecular weight is 435 g/mol. The van der Waals surface area contributed by atoms with Crippen molar-refractivity contribution in [3.63, 3.8) is 0 Å². The Balaban J connectivity index is 1.72. The van der Waals surface area contributed by atoms with Crippen molar-refractivity contribution in [2.24, 2.45) is 0 Å². The molecule has 2 aromatic heterocycles. The van der Waals surface area contributed by atoms with Crippen LogP contribution >= 0.6 is 11.3 Å². The molecule has 1 atom stereocenters. The van der Waals surface area contributed by atoms with E-state index in [0.29, 0.717) is 36.6 Å². The van der Waals surface area contributed by atoms with Crippen molar-refractivity contribution in [3.05, 3.63) is 39.8 Å². The van der Waals surface area contributed by atoms with Gasteiger partial charge in [-0.05, 0) is 24.8 Å². The number of morpholine rings is 1. The van der Waals surface area contributed by atoms with E-state index in [4.69, 9.17) is 9.72 Å². The number of fused-ring (bicyclic) bond motifs is 1. The average Bonchev–Trinajstić information content (AvgIpc) is 3.16. The van der Waals surface area contributed by atoms with E-state index in [1.807, 2.05) is 12.1 Å². The zero-order chi connectivity index (χ0) is 21.5. The highest BCUT2D eigenvalue weighted by atomic mass is 32.1. The molecule has 8 heteroatoms. The molecule has 7 nitrogen and oxygen atoms in total. The Morgan fingerprint density at radius 3 is 2.90 bits per heavy atom. The normalized spacial score (nSPS) is 16.6. The lowest BCUT2D eigenvalue weighted by atomic mass is 10.2. The van der Waals surface area contributed by atoms with Crippen LogP contribution in [0.15, 0.2) is 23.5 Å². The first-order valence-electron chi connectivity index (χ1n) is 10.8. The third-order valence-corrected chi connectivity index (χ3v) is 6.75. The summed E-state index contributed by atoms with van der Waals surface area (Å²) in [4.78, 5) is 26.8. The molecule has 0 bridgehead atoms. The number of nitrogens with zero attached hydrogens (tertiary/aromatic N) is 3. The number of hydrogen-bond donors (Lipinski definition) is 2. The molecule has 0 saturated carbocycles. The summed E-state index contributed by atoms with van der Waals surface area (Å²) >= 11 is 1.59. The van der Waals surface area contributed by atoms with Crippen molar-refractivity contribution in [1.29, 1.82) is 0 Å². The van der Waals surface area contributed by atoms with Gasteiger partial charge in [0, 0.05) is 37.6 Å². The van der Waals surface area contributed by atoms with Crippen LogP contribution in [0.25, 0.3) is 10.2 Å². The first-order valence-corrected chi connectivity index (χ1v) is 11.6. The van der Waals surface area contributed by atoms with Gasteiger partial charge in [-0.15, -0.1) is 17.9 Å². The summed E-state index contributed by atoms with van der Waals surface area (Å²) in [5, 5.41) is 11.1. The Kier molecular flexibility index (Phi) is 8.59. The minimum Gasteiger partial charge on any atom is -0.392 e. The Hall–Kier alpha value is -1.58. The van der Waals surface area contributed by atoms with E-state index < -0.39 is 6.10 Å². The molecule has 0 spiro atoms. The highest BCUT2D eigenvalue weighted by Gasteiger charge is 2.18. The number of H-pyrrole nitrogens is 1. The van der Waals surface area contributed by atoms with E-state index >= 15 is 0 Å². The fourth-order valence-electron chi connectivity index (χ4n) is 3.61. The van der Waals surface area contributed by atoms with Crippen molar-refractivity contribution >= 4 is 21.6 Å². The number of aliphatic hydroxyl groups excluding tert-OH is 1. The van der Waals surface area contributed by atoms with Crippen molar-refractivity contribution in [1.82, 2.24) is 19.8 Å². The number of nitrogens with one attached hydrogen (secondary N) is 1. The second-order valence-corrected chi connectivity index (χ2v) is 9.31. The molecule has 0 aliphatic carbocycles. The molecule has 2 aromatic rings. The van der Waals surface area contributed by atoms with Crippen molar-refractivity contribution < 1.29 is 9.84 Å². The molecule has 1 saturated heterocycles. The second-order valence-electron chi connectivity index (χ2n) is 8.24. The van der Waals surface area contributed by atoms with Crippen LogP contribution in [0.4, 0.5) is 0 Å². The number of aromatic amines is 1. The molecule has 3 rings (SSSR count). The highest BCUT2D eigenvalue weighted by molar-refractivity contribution is 7.18. The van der Waals surface area contributed by atoms with Gasteiger partial charge in [-0.1, -0.05) is 19.9 Å². The number of allylic oxidation sites excluding steroid dienone is 1. The maximum atomic E-state index is 12.6. The van der Waals surface area contributed by atoms with E-state index in [2.05, 4.69) is 35.2 Å². The SMILES string of the molecule is C=CCCC(O)CN(CCN1CCOCC1)Cc1nc2sc(C(C)C)cc2c(=O)[nH]1. The number of hydrogen-bond acceptors (Lipinski definition) is 7. The number of aliphatic hydroxyl groups is 1. The third-order valence-electron chi connectivity index (χ3n) is 5.42. The van der Waals surface area contributed by atoms with Crippen LogP contribution < -0.4 is 5.56 Å². The zero-order valence-corrected chi connectivity index (χ0v) is 18.9. The number of ether oxygens (including phenoxy) is 1. The van der Waals surface area contributed by atoms with Gasteiger partial charge in [-0.2, -0.15) is 0 Å². The predicted octanol–water partition coefficient (Wildman–Crippen LogP) is 2.57. The van der Waals surface area contributed by atoms with Gasteiger partial charge in [-0.25, -0.2) is 4.98 Å². The molecule has 2 N–H and O–H groups in total. The minimum absolute atomic E-state index is 0.0847. The van der Waals surface area contributed by atoms with Crippen LogP contribution in [0.3, 0.4) is 0 Å². The monoisotopic (exact) mass is 434 g/mol. The summed E-state index contributed by atoms with van der Waals surface area (Å²) in [6.45, 7) is 14.1. The lowest BCUT2D eigenvalue weighted by Gasteiger charge is -2.30. The lowest BCUT2D eigenvalue weighted by molar-refractivity contribution is 0.0285. The molecular weight excluding hydrogens is 400 g/mol. The van der Waals surface area contributed by atoms with Crippen LogP contribution in [-0.2, 0) is 11.3 Å². The van der Waals surface area contributed by atoms with Gasteiger partial charge in [0.25, 0.3) is 5.56 Å². The Bertz CT molecular complexity index is 873. The van der Waals surface area contributed by atoms with Crippen LogP contribution in [0.2, 0.25) is 0 Å². The van der Waals surface area contributed by atoms with E-state index in [9.17, 15) is 9.90 Å². The summed E-state index contributed by atoms with van der Waals surface area (Å²) in [5.74, 6) is 1.03. The molecule has 0 aromatic carbocycles. The fourth-order valence-corrected chi connectivity index (χ4v) is 4.66. The van der Waals surface area contributed by atoms with Gasteiger partial charge in [0.05, 0.1) is 31.2 Å². The summed E-state index contributed by atoms with van der Waals surface area (Å²) in [6.07, 6.45) is 2.87. The molecular formula is C22H34N4O3S. The molecule has 3 heterocycles. The second kappa shape index (κ2) is 11.2. The molecule has 1 aliphatic heterocycles. The highest BCUT2D eigenvalue weighted by Crippen LogP contribution is 2.27. The fraction of sp³-hybridized carbons (Fsp3) is 0.636. The van der Waals surface area contributed by atoms with Crippen LogP contribution in [0.1, 0.15) is 43.3 Å². The van der Waals surface area contributed by atoms with Crippen LogP contribution in [0.5, 0.6) is 0 Å². The van der Waals surface area contributed by atoms with Crippen molar-refractivity contribution in [2.75, 3.05) is 45.9 Å². The largest absolute Gasteiger partial charge is 0.392 e. The maximum Gasteiger partial charge on any atom is 0.259 e. The molecule has 1 fully saturated rings. The van der Waals surface area contributed by atoms with E-state index in [1.54, 1.807) is 11.3 Å². The smallest absolute Gasteiger partial charge is 0.259 e. The Morgan fingerprint density at radius 2 is 2.20 bits per heavy atom. The molecule has 166 valence electrons. The number of thiophene rings is 1. The first kappa shape index (κ1) is 23.1. The van der Waals surface area contributed by atoms with Gasteiger partial charge in [0.2, 0.25) is 0 Å². The van der Waals surface area contributed by atoms with Gasteiger partial charge in [0.1, 0.15) is 10.7 Å². The Labute approximate surface area is 182 Å². The van der Waals surface area contributed by atoms with E-state index in [-0.39, 0.29) is 5.56 Å². The first-order chi connectivity index (χ1) is 14.5. The predicted molar refractivity (Wildman–Crippen MR) is 122 cm³/mol. The minimum atomic E-state index is -0.433. The lowest BCUT2D eigenvalue weighted by Crippen LogP contribution is -2.43. The molecule has 1 aliphatic rings.